The van der Waals surface area contributed by atoms with Gasteiger partial charge in [-0.1, -0.05) is 23.9 Å². The molecule has 0 amide bonds. The molecule has 1 aromatic rings. The Balaban J connectivity index is 3.30. The van der Waals surface area contributed by atoms with Gasteiger partial charge in [0.2, 0.25) is 0 Å². The lowest BCUT2D eigenvalue weighted by atomic mass is 9.93. The number of oxime groups is 1. The van der Waals surface area contributed by atoms with E-state index in [2.05, 4.69) is 36.5 Å². The number of allylic oxidation sites excluding steroid dienone is 2. The van der Waals surface area contributed by atoms with Gasteiger partial charge >= 0.3 is 0 Å². The van der Waals surface area contributed by atoms with Crippen molar-refractivity contribution < 1.29 is 5.21 Å². The molecule has 0 bridgehead atoms. The van der Waals surface area contributed by atoms with Crippen molar-refractivity contribution >= 4 is 6.21 Å². The van der Waals surface area contributed by atoms with E-state index in [1.165, 1.54) is 17.3 Å². The van der Waals surface area contributed by atoms with Crippen molar-refractivity contribution in [2.75, 3.05) is 0 Å². The third kappa shape index (κ3) is 3.50. The molecule has 0 aliphatic rings. The van der Waals surface area contributed by atoms with Crippen LogP contribution in [0.1, 0.15) is 41.7 Å². The number of hydrogen-bond acceptors (Lipinski definition) is 3. The van der Waals surface area contributed by atoms with Crippen LogP contribution in [0.3, 0.4) is 0 Å². The molecule has 1 aromatic carbocycles. The fourth-order valence-corrected chi connectivity index (χ4v) is 2.41. The topological polar surface area (TPSA) is 35.8 Å². The zero-order valence-electron chi connectivity index (χ0n) is 13.1. The Labute approximate surface area is 121 Å². The maximum Gasteiger partial charge on any atom is 0.0739 e. The molecule has 3 heteroatoms. The van der Waals surface area contributed by atoms with Gasteiger partial charge in [-0.3, -0.25) is 0 Å². The second kappa shape index (κ2) is 6.94. The molecule has 1 N–H and O–H groups in total. The molecule has 0 saturated heterocycles. The molecule has 0 aromatic heterocycles. The molecule has 0 spiro atoms. The predicted octanol–water partition coefficient (Wildman–Crippen LogP) is 4.29. The normalized spacial score (nSPS) is 11.4. The second-order valence-electron chi connectivity index (χ2n) is 5.12. The second-order valence-corrected chi connectivity index (χ2v) is 5.12. The molecule has 3 nitrogen and oxygen atoms in total. The fraction of sp³-hybridized carbons (Fsp3) is 0.353. The largest absolute Gasteiger partial charge is 0.411 e. The Hall–Kier alpha value is -2.03. The van der Waals surface area contributed by atoms with E-state index < -0.39 is 0 Å². The zero-order chi connectivity index (χ0) is 15.3. The molecule has 0 aliphatic carbocycles. The first kappa shape index (κ1) is 16.0. The SMILES string of the molecule is C=C(C)N(/C=C\C)Cc1c(C)cc(C)c(/C=N/O)c1C. The van der Waals surface area contributed by atoms with Gasteiger partial charge in [-0.25, -0.2) is 0 Å². The standard InChI is InChI=1S/C17H24N2O/c1-7-8-19(12(2)3)11-17-14(5)9-13(4)16(10-18-20)15(17)6/h7-10,20H,2,11H2,1,3-6H3/b8-7-,18-10+. The van der Waals surface area contributed by atoms with Crippen molar-refractivity contribution in [2.24, 2.45) is 5.16 Å². The van der Waals surface area contributed by atoms with Crippen molar-refractivity contribution in [1.82, 2.24) is 4.90 Å². The number of aryl methyl sites for hydroxylation is 2. The van der Waals surface area contributed by atoms with Gasteiger partial charge in [0.25, 0.3) is 0 Å². The summed E-state index contributed by atoms with van der Waals surface area (Å²) >= 11 is 0. The predicted molar refractivity (Wildman–Crippen MR) is 85.2 cm³/mol. The lowest BCUT2D eigenvalue weighted by Gasteiger charge is -2.24. The van der Waals surface area contributed by atoms with E-state index in [0.29, 0.717) is 0 Å². The molecule has 0 heterocycles. The summed E-state index contributed by atoms with van der Waals surface area (Å²) in [5.74, 6) is 0. The Morgan fingerprint density at radius 2 is 2.00 bits per heavy atom. The van der Waals surface area contributed by atoms with Gasteiger partial charge in [-0.05, 0) is 63.1 Å². The summed E-state index contributed by atoms with van der Waals surface area (Å²) < 4.78 is 0. The summed E-state index contributed by atoms with van der Waals surface area (Å²) in [6.07, 6.45) is 5.54. The number of benzene rings is 1. The molecule has 0 aliphatic heterocycles. The van der Waals surface area contributed by atoms with Crippen molar-refractivity contribution in [1.29, 1.82) is 0 Å². The van der Waals surface area contributed by atoms with E-state index in [1.807, 2.05) is 33.0 Å². The fourth-order valence-electron chi connectivity index (χ4n) is 2.41. The van der Waals surface area contributed by atoms with E-state index >= 15 is 0 Å². The number of rotatable bonds is 5. The van der Waals surface area contributed by atoms with Gasteiger partial charge in [0.15, 0.2) is 0 Å². The Kier molecular flexibility index (Phi) is 5.56. The summed E-state index contributed by atoms with van der Waals surface area (Å²) in [4.78, 5) is 2.12. The van der Waals surface area contributed by atoms with Crippen LogP contribution in [0.25, 0.3) is 0 Å². The third-order valence-corrected chi connectivity index (χ3v) is 3.53. The lowest BCUT2D eigenvalue weighted by molar-refractivity contribution is 0.322. The van der Waals surface area contributed by atoms with Crippen molar-refractivity contribution in [3.05, 3.63) is 58.4 Å². The third-order valence-electron chi connectivity index (χ3n) is 3.53. The van der Waals surface area contributed by atoms with Gasteiger partial charge in [-0.2, -0.15) is 0 Å². The van der Waals surface area contributed by atoms with Crippen LogP contribution in [0, 0.1) is 20.8 Å². The first-order chi connectivity index (χ1) is 9.42. The summed E-state index contributed by atoms with van der Waals surface area (Å²) in [5.41, 5.74) is 6.73. The zero-order valence-corrected chi connectivity index (χ0v) is 13.1. The summed E-state index contributed by atoms with van der Waals surface area (Å²) in [7, 11) is 0. The molecule has 20 heavy (non-hydrogen) atoms. The average Bonchev–Trinajstić information content (AvgIpc) is 2.37. The minimum Gasteiger partial charge on any atom is -0.411 e. The maximum absolute atomic E-state index is 8.82. The van der Waals surface area contributed by atoms with Crippen LogP contribution in [0.5, 0.6) is 0 Å². The van der Waals surface area contributed by atoms with Crippen LogP contribution >= 0.6 is 0 Å². The highest BCUT2D eigenvalue weighted by molar-refractivity contribution is 5.84. The number of nitrogens with zero attached hydrogens (tertiary/aromatic N) is 2. The molecule has 108 valence electrons. The summed E-state index contributed by atoms with van der Waals surface area (Å²) in [6.45, 7) is 15.0. The van der Waals surface area contributed by atoms with E-state index in [4.69, 9.17) is 5.21 Å². The van der Waals surface area contributed by atoms with Gasteiger partial charge in [-0.15, -0.1) is 0 Å². The summed E-state index contributed by atoms with van der Waals surface area (Å²) in [5, 5.41) is 12.0. The van der Waals surface area contributed by atoms with Crippen LogP contribution in [0.2, 0.25) is 0 Å². The minimum atomic E-state index is 0.768. The summed E-state index contributed by atoms with van der Waals surface area (Å²) in [6, 6.07) is 2.13. The van der Waals surface area contributed by atoms with Gasteiger partial charge < -0.3 is 10.1 Å². The van der Waals surface area contributed by atoms with Crippen molar-refractivity contribution in [3.8, 4) is 0 Å². The van der Waals surface area contributed by atoms with Crippen LogP contribution in [-0.4, -0.2) is 16.3 Å². The molecule has 0 atom stereocenters. The first-order valence-corrected chi connectivity index (χ1v) is 6.74. The van der Waals surface area contributed by atoms with Gasteiger partial charge in [0.05, 0.1) is 6.21 Å². The van der Waals surface area contributed by atoms with E-state index in [-0.39, 0.29) is 0 Å². The minimum absolute atomic E-state index is 0.768. The molecule has 0 radical (unpaired) electrons. The molecular weight excluding hydrogens is 248 g/mol. The van der Waals surface area contributed by atoms with Gasteiger partial charge in [0.1, 0.15) is 0 Å². The van der Waals surface area contributed by atoms with E-state index in [9.17, 15) is 0 Å². The maximum atomic E-state index is 8.82. The van der Waals surface area contributed by atoms with E-state index in [0.717, 1.165) is 28.9 Å². The Morgan fingerprint density at radius 1 is 1.35 bits per heavy atom. The average molecular weight is 272 g/mol. The van der Waals surface area contributed by atoms with Crippen LogP contribution in [-0.2, 0) is 6.54 Å². The van der Waals surface area contributed by atoms with Crippen LogP contribution in [0.15, 0.2) is 35.8 Å². The highest BCUT2D eigenvalue weighted by Crippen LogP contribution is 2.23. The van der Waals surface area contributed by atoms with Gasteiger partial charge in [0, 0.05) is 17.8 Å². The van der Waals surface area contributed by atoms with E-state index in [1.54, 1.807) is 0 Å². The highest BCUT2D eigenvalue weighted by atomic mass is 16.4. The molecule has 0 fully saturated rings. The quantitative estimate of drug-likeness (QED) is 0.493. The first-order valence-electron chi connectivity index (χ1n) is 6.74. The molecule has 1 rings (SSSR count). The molecule has 0 unspecified atom stereocenters. The highest BCUT2D eigenvalue weighted by Gasteiger charge is 2.12. The molecule has 0 saturated carbocycles. The number of hydrogen-bond donors (Lipinski definition) is 1. The van der Waals surface area contributed by atoms with Crippen molar-refractivity contribution in [2.45, 2.75) is 41.2 Å². The Morgan fingerprint density at radius 3 is 2.50 bits per heavy atom. The van der Waals surface area contributed by atoms with Crippen molar-refractivity contribution in [3.63, 3.8) is 0 Å². The van der Waals surface area contributed by atoms with Crippen LogP contribution in [0.4, 0.5) is 0 Å². The Bertz CT molecular complexity index is 557. The molecular formula is C17H24N2O. The monoisotopic (exact) mass is 272 g/mol. The lowest BCUT2D eigenvalue weighted by Crippen LogP contribution is -2.16. The van der Waals surface area contributed by atoms with Crippen LogP contribution < -0.4 is 0 Å². The smallest absolute Gasteiger partial charge is 0.0739 e.